The number of imidazole rings is 2. The van der Waals surface area contributed by atoms with E-state index in [-0.39, 0.29) is 65.1 Å². The van der Waals surface area contributed by atoms with Crippen molar-refractivity contribution in [2.75, 3.05) is 23.5 Å². The molecule has 31 nitrogen and oxygen atoms in total. The van der Waals surface area contributed by atoms with E-state index < -0.39 is 57.3 Å². The number of carboxylic acid groups (broad SMARTS) is 3. The molecule has 10 rings (SSSR count). The fourth-order valence-electron chi connectivity index (χ4n) is 7.14. The lowest BCUT2D eigenvalue weighted by atomic mass is 10.0. The number of aliphatic carboxylic acids is 3. The van der Waals surface area contributed by atoms with Crippen molar-refractivity contribution < 1.29 is 39.1 Å². The van der Waals surface area contributed by atoms with E-state index in [4.69, 9.17) is 32.7 Å². The SMILES string of the molecule is CC(C)c1ccc(N)cc1.CC(C)c1ccc(NC(=O)Cn2cnc3[nH]c(=O)[nH]c(=O)c32)cc1.O=C(O)CCl.O=C(O)C[N+]1=CCc2c1[nH]c(=O)[nH]c2=O.O=C(O)Cn1cnc2[nH]c(=O)[nH]c(=O)c21.O=c1[nH]c2c(c(=O)[nH]1)CC=N2. The molecule has 2 aliphatic heterocycles. The number of carbonyl (C=O) groups excluding carboxylic acids is 1. The summed E-state index contributed by atoms with van der Waals surface area (Å²) in [5.74, 6) is -2.03. The molecule has 14 N–H and O–H groups in total. The van der Waals surface area contributed by atoms with E-state index in [0.29, 0.717) is 47.3 Å². The number of amides is 1. The zero-order valence-electron chi connectivity index (χ0n) is 42.7. The standard InChI is InChI=1S/C16H17N5O3.C9H13N.C8H7N3O4.C7H6N4O4.C6H5N3O2.C2H3ClO2/c1-9(2)10-3-5-11(6-4-10)18-12(22)7-21-8-17-14-13(21)15(23)20-16(24)19-14;1-7(2)8-3-5-9(10)6-4-8;12-5(13)3-11-2-1-4-6(11)9-8(15)10-7(4)14;12-3(13)1-11-2-8-5-4(11)6(14)10-7(15)9-5;10-5-3-1-2-7-4(3)8-6(11)9-5;3-1-2(4)5/h3-6,8-9H,7H2,1-2H3,(H,18,22)(H2,19,20,23,24);3-7H,10H2,1-2H3;2H,1,3H2,(H2-,9,10,12,13,14,15);2H,1H2,(H,12,13)(H2,9,10,14,15);2H,1H2,(H2,8,9,10,11);1H2,(H,4,5)/p+1. The summed E-state index contributed by atoms with van der Waals surface area (Å²) in [4.78, 5) is 161. The predicted octanol–water partition coefficient (Wildman–Crippen LogP) is 0.115. The van der Waals surface area contributed by atoms with E-state index in [9.17, 15) is 57.5 Å². The van der Waals surface area contributed by atoms with Crippen molar-refractivity contribution in [1.29, 1.82) is 0 Å². The van der Waals surface area contributed by atoms with Crippen LogP contribution in [-0.2, 0) is 45.1 Å². The molecule has 0 saturated heterocycles. The Hall–Kier alpha value is -10.6. The quantitative estimate of drug-likeness (QED) is 0.0491. The number of hydrogen-bond donors (Lipinski definition) is 13. The second-order valence-electron chi connectivity index (χ2n) is 17.4. The maximum Gasteiger partial charge on any atom is 0.413 e. The molecule has 2 aromatic carbocycles. The number of hydrogen-bond acceptors (Lipinski definition) is 16. The largest absolute Gasteiger partial charge is 0.480 e. The Morgan fingerprint density at radius 3 is 1.56 bits per heavy atom. The van der Waals surface area contributed by atoms with Gasteiger partial charge in [0, 0.05) is 30.4 Å². The Kier molecular flexibility index (Phi) is 20.7. The topological polar surface area (TPSA) is 481 Å². The molecule has 2 aliphatic rings. The number of benzene rings is 2. The minimum Gasteiger partial charge on any atom is -0.480 e. The molecule has 0 bridgehead atoms. The maximum atomic E-state index is 12.2. The zero-order valence-corrected chi connectivity index (χ0v) is 43.5. The molecule has 0 saturated carbocycles. The smallest absolute Gasteiger partial charge is 0.413 e. The first-order chi connectivity index (χ1) is 37.8. The Morgan fingerprint density at radius 2 is 1.07 bits per heavy atom. The van der Waals surface area contributed by atoms with Gasteiger partial charge < -0.3 is 35.5 Å². The van der Waals surface area contributed by atoms with Gasteiger partial charge in [0.15, 0.2) is 28.9 Å². The van der Waals surface area contributed by atoms with Gasteiger partial charge >= 0.3 is 40.7 Å². The molecule has 0 fully saturated rings. The first-order valence-corrected chi connectivity index (χ1v) is 24.0. The number of aliphatic imine (C=N–C) groups is 1. The third-order valence-electron chi connectivity index (χ3n) is 10.9. The lowest BCUT2D eigenvalue weighted by Gasteiger charge is -2.09. The van der Waals surface area contributed by atoms with Crippen molar-refractivity contribution in [2.45, 2.75) is 65.5 Å². The van der Waals surface area contributed by atoms with Crippen molar-refractivity contribution >= 4 is 93.2 Å². The number of aromatic amines is 8. The number of halogens is 1. The van der Waals surface area contributed by atoms with Gasteiger partial charge in [-0.3, -0.25) is 68.4 Å². The Bertz CT molecular complexity index is 4120. The van der Waals surface area contributed by atoms with E-state index in [1.165, 1.54) is 32.9 Å². The molecule has 8 aromatic rings. The number of aromatic nitrogens is 12. The second-order valence-corrected chi connectivity index (χ2v) is 17.7. The van der Waals surface area contributed by atoms with Crippen LogP contribution in [0.3, 0.4) is 0 Å². The monoisotopic (exact) mass is 1130 g/mol. The summed E-state index contributed by atoms with van der Waals surface area (Å²) in [6.07, 6.45) is 6.51. The highest BCUT2D eigenvalue weighted by Crippen LogP contribution is 2.18. The van der Waals surface area contributed by atoms with Crippen molar-refractivity contribution in [3.8, 4) is 0 Å². The molecule has 80 heavy (non-hydrogen) atoms. The third-order valence-corrected chi connectivity index (χ3v) is 11.1. The maximum absolute atomic E-state index is 12.2. The van der Waals surface area contributed by atoms with Crippen LogP contribution in [0.1, 0.15) is 61.8 Å². The fourth-order valence-corrected chi connectivity index (χ4v) is 7.14. The van der Waals surface area contributed by atoms with Gasteiger partial charge in [0.2, 0.25) is 5.91 Å². The lowest BCUT2D eigenvalue weighted by Crippen LogP contribution is -2.26. The molecule has 0 unspecified atom stereocenters. The van der Waals surface area contributed by atoms with Crippen molar-refractivity contribution in [3.63, 3.8) is 0 Å². The van der Waals surface area contributed by atoms with E-state index >= 15 is 0 Å². The summed E-state index contributed by atoms with van der Waals surface area (Å²) in [7, 11) is 0. The van der Waals surface area contributed by atoms with Crippen molar-refractivity contribution in [3.05, 3.63) is 167 Å². The first-order valence-electron chi connectivity index (χ1n) is 23.5. The average molecular weight is 1130 g/mol. The van der Waals surface area contributed by atoms with Crippen LogP contribution in [0.2, 0.25) is 0 Å². The van der Waals surface area contributed by atoms with E-state index in [1.54, 1.807) is 12.4 Å². The van der Waals surface area contributed by atoms with Gasteiger partial charge in [-0.05, 0) is 47.2 Å². The molecule has 1 amide bonds. The summed E-state index contributed by atoms with van der Waals surface area (Å²) in [5, 5.41) is 27.5. The first kappa shape index (κ1) is 60.3. The second kappa shape index (κ2) is 27.5. The predicted molar refractivity (Wildman–Crippen MR) is 291 cm³/mol. The molecule has 0 aliphatic carbocycles. The van der Waals surface area contributed by atoms with Gasteiger partial charge in [-0.15, -0.1) is 11.6 Å². The highest BCUT2D eigenvalue weighted by atomic mass is 35.5. The van der Waals surface area contributed by atoms with Gasteiger partial charge in [-0.1, -0.05) is 52.0 Å². The van der Waals surface area contributed by atoms with Crippen LogP contribution in [-0.4, -0.2) is 128 Å². The summed E-state index contributed by atoms with van der Waals surface area (Å²) in [6.45, 7) is 7.80. The molecule has 0 atom stereocenters. The van der Waals surface area contributed by atoms with Crippen LogP contribution in [0.5, 0.6) is 0 Å². The number of anilines is 2. The molecule has 8 heterocycles. The summed E-state index contributed by atoms with van der Waals surface area (Å²) >= 11 is 4.74. The molecular formula is C48H52ClN16O15+. The number of nitrogen functional groups attached to an aromatic ring is 1. The van der Waals surface area contributed by atoms with Crippen molar-refractivity contribution in [1.82, 2.24) is 59.0 Å². The number of rotatable bonds is 10. The van der Waals surface area contributed by atoms with Crippen LogP contribution in [0.15, 0.2) is 105 Å². The average Bonchev–Trinajstić information content (AvgIpc) is 4.23. The minimum atomic E-state index is -1.10. The number of nitrogens with one attached hydrogen (secondary N) is 9. The number of alkyl halides is 1. The summed E-state index contributed by atoms with van der Waals surface area (Å²) < 4.78 is 3.88. The zero-order chi connectivity index (χ0) is 59.0. The number of carbonyl (C=O) groups is 4. The van der Waals surface area contributed by atoms with Gasteiger partial charge in [0.1, 0.15) is 30.4 Å². The Balaban J connectivity index is 0.000000186. The number of fused-ring (bicyclic) bond motifs is 4. The molecule has 32 heteroatoms. The van der Waals surface area contributed by atoms with Crippen LogP contribution >= 0.6 is 11.6 Å². The molecular weight excluding hydrogens is 1080 g/mol. The normalized spacial score (nSPS) is 11.5. The molecule has 0 spiro atoms. The van der Waals surface area contributed by atoms with E-state index in [2.05, 4.69) is 95.0 Å². The van der Waals surface area contributed by atoms with Crippen LogP contribution in [0, 0.1) is 0 Å². The van der Waals surface area contributed by atoms with Crippen LogP contribution < -0.4 is 56.0 Å². The third kappa shape index (κ3) is 17.0. The lowest BCUT2D eigenvalue weighted by molar-refractivity contribution is -0.427. The molecule has 0 radical (unpaired) electrons. The van der Waals surface area contributed by atoms with Gasteiger partial charge in [-0.2, -0.15) is 4.98 Å². The van der Waals surface area contributed by atoms with Gasteiger partial charge in [0.05, 0.1) is 24.4 Å². The fraction of sp³-hybridized carbons (Fsp3) is 0.250. The Labute approximate surface area is 450 Å². The highest BCUT2D eigenvalue weighted by molar-refractivity contribution is 6.26. The van der Waals surface area contributed by atoms with E-state index in [0.717, 1.165) is 10.3 Å². The van der Waals surface area contributed by atoms with Gasteiger partial charge in [-0.25, -0.2) is 43.5 Å². The summed E-state index contributed by atoms with van der Waals surface area (Å²) in [5.41, 5.74) is 6.39. The van der Waals surface area contributed by atoms with Crippen LogP contribution in [0.25, 0.3) is 22.3 Å². The highest BCUT2D eigenvalue weighted by Gasteiger charge is 2.26. The number of carboxylic acids is 3. The van der Waals surface area contributed by atoms with Gasteiger partial charge in [0.25, 0.3) is 28.1 Å². The van der Waals surface area contributed by atoms with Crippen LogP contribution in [0.4, 0.5) is 23.0 Å². The molecule has 420 valence electrons. The van der Waals surface area contributed by atoms with Crippen molar-refractivity contribution in [2.24, 2.45) is 4.99 Å². The Morgan fingerprint density at radius 1 is 0.613 bits per heavy atom. The number of H-pyrrole nitrogens is 8. The van der Waals surface area contributed by atoms with E-state index in [1.807, 2.05) is 41.4 Å². The minimum absolute atomic E-state index is 0.0389. The number of nitrogens with two attached hydrogens (primary N) is 1. The summed E-state index contributed by atoms with van der Waals surface area (Å²) in [6, 6.07) is 15.6. The number of nitrogens with zero attached hydrogens (tertiary/aromatic N) is 6. The molecule has 6 aromatic heterocycles.